The number of hydrogen-bond donors (Lipinski definition) is 2. The standard InChI is InChI=1S/C15H22O4/c1-9(2)10-6-11(14(18)12(7-10)19-5)15(3,4)8-13(16)17/h6-7,9,18H,8H2,1-5H3,(H,16,17). The van der Waals surface area contributed by atoms with Gasteiger partial charge in [0.05, 0.1) is 13.5 Å². The normalized spacial score (nSPS) is 11.7. The van der Waals surface area contributed by atoms with Crippen molar-refractivity contribution < 1.29 is 19.7 Å². The van der Waals surface area contributed by atoms with Gasteiger partial charge in [-0.2, -0.15) is 0 Å². The Morgan fingerprint density at radius 1 is 1.37 bits per heavy atom. The summed E-state index contributed by atoms with van der Waals surface area (Å²) in [6.07, 6.45) is -0.0503. The minimum atomic E-state index is -0.890. The smallest absolute Gasteiger partial charge is 0.304 e. The number of aromatic hydroxyl groups is 1. The Morgan fingerprint density at radius 2 is 1.95 bits per heavy atom. The van der Waals surface area contributed by atoms with E-state index in [1.165, 1.54) is 7.11 Å². The van der Waals surface area contributed by atoms with Crippen molar-refractivity contribution in [1.82, 2.24) is 0 Å². The van der Waals surface area contributed by atoms with Crippen LogP contribution in [0.3, 0.4) is 0 Å². The fraction of sp³-hybridized carbons (Fsp3) is 0.533. The highest BCUT2D eigenvalue weighted by atomic mass is 16.5. The number of benzene rings is 1. The van der Waals surface area contributed by atoms with Crippen molar-refractivity contribution >= 4 is 5.97 Å². The van der Waals surface area contributed by atoms with E-state index < -0.39 is 11.4 Å². The molecule has 0 fully saturated rings. The topological polar surface area (TPSA) is 66.8 Å². The van der Waals surface area contributed by atoms with Crippen LogP contribution >= 0.6 is 0 Å². The van der Waals surface area contributed by atoms with Gasteiger partial charge in [0.15, 0.2) is 11.5 Å². The van der Waals surface area contributed by atoms with E-state index in [2.05, 4.69) is 0 Å². The fourth-order valence-corrected chi connectivity index (χ4v) is 2.11. The van der Waals surface area contributed by atoms with Crippen molar-refractivity contribution in [2.45, 2.75) is 45.4 Å². The number of carboxylic acid groups (broad SMARTS) is 1. The van der Waals surface area contributed by atoms with Crippen LogP contribution in [0, 0.1) is 0 Å². The number of carboxylic acids is 1. The molecule has 0 aliphatic heterocycles. The van der Waals surface area contributed by atoms with Crippen LogP contribution in [0.4, 0.5) is 0 Å². The molecule has 0 atom stereocenters. The van der Waals surface area contributed by atoms with Gasteiger partial charge in [-0.1, -0.05) is 33.8 Å². The van der Waals surface area contributed by atoms with Crippen LogP contribution in [0.5, 0.6) is 11.5 Å². The van der Waals surface area contributed by atoms with E-state index in [4.69, 9.17) is 9.84 Å². The molecule has 0 aromatic heterocycles. The summed E-state index contributed by atoms with van der Waals surface area (Å²) < 4.78 is 5.18. The van der Waals surface area contributed by atoms with Crippen LogP contribution in [0.25, 0.3) is 0 Å². The summed E-state index contributed by atoms with van der Waals surface area (Å²) in [5.41, 5.74) is 0.967. The predicted octanol–water partition coefficient (Wildman–Crippen LogP) is 3.28. The van der Waals surface area contributed by atoms with Gasteiger partial charge in [0.25, 0.3) is 0 Å². The van der Waals surface area contributed by atoms with Crippen LogP contribution in [-0.4, -0.2) is 23.3 Å². The Bertz CT molecular complexity index is 475. The van der Waals surface area contributed by atoms with Crippen LogP contribution in [0.1, 0.15) is 51.2 Å². The Balaban J connectivity index is 3.40. The summed E-state index contributed by atoms with van der Waals surface area (Å²) in [5, 5.41) is 19.2. The predicted molar refractivity (Wildman–Crippen MR) is 74.0 cm³/mol. The Hall–Kier alpha value is -1.71. The van der Waals surface area contributed by atoms with Gasteiger partial charge in [0, 0.05) is 11.0 Å². The molecule has 0 aliphatic rings. The zero-order chi connectivity index (χ0) is 14.8. The molecule has 2 N–H and O–H groups in total. The number of ether oxygens (including phenoxy) is 1. The second-order valence-corrected chi connectivity index (χ2v) is 5.73. The molecule has 0 saturated carbocycles. The van der Waals surface area contributed by atoms with Gasteiger partial charge in [-0.3, -0.25) is 4.79 Å². The molecule has 4 nitrogen and oxygen atoms in total. The monoisotopic (exact) mass is 266 g/mol. The van der Waals surface area contributed by atoms with Crippen LogP contribution < -0.4 is 4.74 Å². The molecular formula is C15H22O4. The van der Waals surface area contributed by atoms with E-state index >= 15 is 0 Å². The average Bonchev–Trinajstić information content (AvgIpc) is 2.26. The summed E-state index contributed by atoms with van der Waals surface area (Å²) in [6.45, 7) is 7.69. The molecule has 0 heterocycles. The number of hydrogen-bond acceptors (Lipinski definition) is 3. The van der Waals surface area contributed by atoms with Crippen molar-refractivity contribution in [3.8, 4) is 11.5 Å². The number of phenols is 1. The maximum absolute atomic E-state index is 11.0. The molecule has 0 spiro atoms. The average molecular weight is 266 g/mol. The molecule has 1 aromatic carbocycles. The van der Waals surface area contributed by atoms with Gasteiger partial charge in [0.2, 0.25) is 0 Å². The summed E-state index contributed by atoms with van der Waals surface area (Å²) >= 11 is 0. The first-order chi connectivity index (χ1) is 8.69. The Morgan fingerprint density at radius 3 is 2.37 bits per heavy atom. The van der Waals surface area contributed by atoms with Crippen molar-refractivity contribution in [2.24, 2.45) is 0 Å². The molecule has 0 unspecified atom stereocenters. The number of methoxy groups -OCH3 is 1. The van der Waals surface area contributed by atoms with Crippen molar-refractivity contribution in [3.63, 3.8) is 0 Å². The Kier molecular flexibility index (Phi) is 4.45. The first-order valence-corrected chi connectivity index (χ1v) is 6.32. The zero-order valence-corrected chi connectivity index (χ0v) is 12.2. The highest BCUT2D eigenvalue weighted by Gasteiger charge is 2.29. The molecule has 1 rings (SSSR count). The van der Waals surface area contributed by atoms with E-state index in [1.54, 1.807) is 19.9 Å². The molecule has 0 radical (unpaired) electrons. The third-order valence-corrected chi connectivity index (χ3v) is 3.31. The third-order valence-electron chi connectivity index (χ3n) is 3.31. The highest BCUT2D eigenvalue weighted by molar-refractivity contribution is 5.69. The lowest BCUT2D eigenvalue weighted by Gasteiger charge is -2.26. The minimum Gasteiger partial charge on any atom is -0.504 e. The lowest BCUT2D eigenvalue weighted by molar-refractivity contribution is -0.138. The number of rotatable bonds is 5. The third kappa shape index (κ3) is 3.40. The lowest BCUT2D eigenvalue weighted by atomic mass is 9.79. The van der Waals surface area contributed by atoms with Crippen molar-refractivity contribution in [2.75, 3.05) is 7.11 Å². The van der Waals surface area contributed by atoms with Crippen LogP contribution in [-0.2, 0) is 10.2 Å². The first kappa shape index (κ1) is 15.3. The van der Waals surface area contributed by atoms with Gasteiger partial charge in [-0.05, 0) is 17.5 Å². The van der Waals surface area contributed by atoms with Crippen molar-refractivity contribution in [3.05, 3.63) is 23.3 Å². The molecule has 0 amide bonds. The van der Waals surface area contributed by atoms with E-state index in [9.17, 15) is 9.90 Å². The molecule has 0 bridgehead atoms. The molecule has 19 heavy (non-hydrogen) atoms. The maximum Gasteiger partial charge on any atom is 0.304 e. The van der Waals surface area contributed by atoms with Gasteiger partial charge < -0.3 is 14.9 Å². The minimum absolute atomic E-state index is 0.0261. The molecule has 0 saturated heterocycles. The van der Waals surface area contributed by atoms with E-state index in [0.717, 1.165) is 5.56 Å². The van der Waals surface area contributed by atoms with Gasteiger partial charge in [0.1, 0.15) is 0 Å². The Labute approximate surface area is 114 Å². The number of phenolic OH excluding ortho intramolecular Hbond substituents is 1. The summed E-state index contributed by atoms with van der Waals surface area (Å²) in [6, 6.07) is 3.66. The second-order valence-electron chi connectivity index (χ2n) is 5.73. The van der Waals surface area contributed by atoms with Crippen LogP contribution in [0.2, 0.25) is 0 Å². The maximum atomic E-state index is 11.0. The largest absolute Gasteiger partial charge is 0.504 e. The van der Waals surface area contributed by atoms with E-state index in [1.807, 2.05) is 19.9 Å². The van der Waals surface area contributed by atoms with E-state index in [-0.39, 0.29) is 18.1 Å². The summed E-state index contributed by atoms with van der Waals surface area (Å²) in [5.74, 6) is -0.204. The van der Waals surface area contributed by atoms with Gasteiger partial charge >= 0.3 is 5.97 Å². The molecule has 4 heteroatoms. The van der Waals surface area contributed by atoms with E-state index in [0.29, 0.717) is 11.3 Å². The summed E-state index contributed by atoms with van der Waals surface area (Å²) in [4.78, 5) is 11.0. The SMILES string of the molecule is COc1cc(C(C)C)cc(C(C)(C)CC(=O)O)c1O. The lowest BCUT2D eigenvalue weighted by Crippen LogP contribution is -2.22. The molecule has 1 aromatic rings. The highest BCUT2D eigenvalue weighted by Crippen LogP contribution is 2.41. The number of aliphatic carboxylic acids is 1. The molecule has 0 aliphatic carbocycles. The second kappa shape index (κ2) is 5.51. The quantitative estimate of drug-likeness (QED) is 0.858. The number of carbonyl (C=O) groups is 1. The fourth-order valence-electron chi connectivity index (χ4n) is 2.11. The van der Waals surface area contributed by atoms with Crippen LogP contribution in [0.15, 0.2) is 12.1 Å². The molecule has 106 valence electrons. The zero-order valence-electron chi connectivity index (χ0n) is 12.2. The van der Waals surface area contributed by atoms with Crippen molar-refractivity contribution in [1.29, 1.82) is 0 Å². The molecular weight excluding hydrogens is 244 g/mol. The van der Waals surface area contributed by atoms with Gasteiger partial charge in [-0.25, -0.2) is 0 Å². The van der Waals surface area contributed by atoms with Gasteiger partial charge in [-0.15, -0.1) is 0 Å². The first-order valence-electron chi connectivity index (χ1n) is 6.32. The summed E-state index contributed by atoms with van der Waals surface area (Å²) in [7, 11) is 1.49.